The lowest BCUT2D eigenvalue weighted by Gasteiger charge is -2.41. The average Bonchev–Trinajstić information content (AvgIpc) is 3.03. The van der Waals surface area contributed by atoms with E-state index in [1.165, 1.54) is 5.56 Å². The minimum absolute atomic E-state index is 0.0665. The molecular formula is C23H36NO6P. The van der Waals surface area contributed by atoms with Crippen LogP contribution in [-0.4, -0.2) is 51.0 Å². The fraction of sp³-hybridized carbons (Fsp3) is 0.652. The second-order valence-electron chi connectivity index (χ2n) is 8.90. The van der Waals surface area contributed by atoms with Crippen molar-refractivity contribution in [2.75, 3.05) is 27.8 Å². The van der Waals surface area contributed by atoms with E-state index in [0.717, 1.165) is 30.9 Å². The highest BCUT2D eigenvalue weighted by Crippen LogP contribution is 2.57. The fourth-order valence-electron chi connectivity index (χ4n) is 4.68. The molecule has 1 fully saturated rings. The molecule has 0 amide bonds. The molecule has 31 heavy (non-hydrogen) atoms. The number of allylic oxidation sites excluding steroid dienone is 1. The van der Waals surface area contributed by atoms with Gasteiger partial charge in [-0.2, -0.15) is 0 Å². The van der Waals surface area contributed by atoms with Crippen molar-refractivity contribution < 1.29 is 27.6 Å². The van der Waals surface area contributed by atoms with Crippen LogP contribution >= 0.6 is 7.82 Å². The first-order chi connectivity index (χ1) is 14.6. The highest BCUT2D eigenvalue weighted by molar-refractivity contribution is 7.48. The van der Waals surface area contributed by atoms with E-state index in [1.54, 1.807) is 14.2 Å². The molecule has 1 aromatic carbocycles. The molecule has 0 N–H and O–H groups in total. The molecule has 1 aliphatic carbocycles. The van der Waals surface area contributed by atoms with Gasteiger partial charge in [0.15, 0.2) is 11.5 Å². The number of hydrogen-bond donors (Lipinski definition) is 0. The minimum atomic E-state index is -3.70. The summed E-state index contributed by atoms with van der Waals surface area (Å²) in [6.07, 6.45) is 3.94. The van der Waals surface area contributed by atoms with Gasteiger partial charge in [0, 0.05) is 17.9 Å². The van der Waals surface area contributed by atoms with Crippen molar-refractivity contribution >= 4 is 7.82 Å². The zero-order chi connectivity index (χ0) is 22.8. The van der Waals surface area contributed by atoms with Crippen LogP contribution in [-0.2, 0) is 23.6 Å². The molecule has 0 aromatic heterocycles. The molecule has 1 aromatic rings. The van der Waals surface area contributed by atoms with E-state index in [2.05, 4.69) is 24.1 Å². The summed E-state index contributed by atoms with van der Waals surface area (Å²) in [6, 6.07) is 6.38. The van der Waals surface area contributed by atoms with Crippen molar-refractivity contribution in [1.29, 1.82) is 0 Å². The van der Waals surface area contributed by atoms with Crippen molar-refractivity contribution in [3.05, 3.63) is 35.6 Å². The Hall–Kier alpha value is -1.53. The Kier molecular flexibility index (Phi) is 7.42. The Morgan fingerprint density at radius 1 is 1.06 bits per heavy atom. The number of hydrogen-bond acceptors (Lipinski definition) is 7. The van der Waals surface area contributed by atoms with Gasteiger partial charge in [-0.3, -0.25) is 9.05 Å². The topological polar surface area (TPSA) is 66.5 Å². The summed E-state index contributed by atoms with van der Waals surface area (Å²) >= 11 is 0. The number of phosphoric ester groups is 1. The van der Waals surface area contributed by atoms with Gasteiger partial charge in [-0.25, -0.2) is 4.57 Å². The van der Waals surface area contributed by atoms with Crippen LogP contribution in [0.5, 0.6) is 11.5 Å². The van der Waals surface area contributed by atoms with E-state index >= 15 is 0 Å². The van der Waals surface area contributed by atoms with Crippen LogP contribution in [0.4, 0.5) is 0 Å². The molecular weight excluding hydrogens is 417 g/mol. The molecule has 0 unspecified atom stereocenters. The van der Waals surface area contributed by atoms with Gasteiger partial charge in [0.25, 0.3) is 0 Å². The molecule has 1 saturated heterocycles. The highest BCUT2D eigenvalue weighted by atomic mass is 31.2. The van der Waals surface area contributed by atoms with Gasteiger partial charge < -0.3 is 18.9 Å². The number of likely N-dealkylation sites (N-methyl/N-ethyl adjacent to an activating group) is 1. The molecule has 0 spiro atoms. The zero-order valence-corrected chi connectivity index (χ0v) is 20.6. The molecule has 0 bridgehead atoms. The second-order valence-corrected chi connectivity index (χ2v) is 10.4. The summed E-state index contributed by atoms with van der Waals surface area (Å²) in [4.78, 5) is 2.35. The molecule has 3 rings (SSSR count). The fourth-order valence-corrected chi connectivity index (χ4v) is 6.29. The van der Waals surface area contributed by atoms with E-state index in [9.17, 15) is 4.57 Å². The molecule has 8 heteroatoms. The minimum Gasteiger partial charge on any atom is -0.493 e. The van der Waals surface area contributed by atoms with Gasteiger partial charge in [0.1, 0.15) is 5.76 Å². The van der Waals surface area contributed by atoms with E-state index < -0.39 is 7.82 Å². The number of rotatable bonds is 9. The van der Waals surface area contributed by atoms with Gasteiger partial charge in [-0.15, -0.1) is 0 Å². The summed E-state index contributed by atoms with van der Waals surface area (Å²) in [6.45, 7) is 8.26. The quantitative estimate of drug-likeness (QED) is 0.470. The SMILES string of the molecule is COc1ccc([C@@]23CC=C(OP(=O)(OC(C)C)OC(C)C)C[C@@H]2N(C)CC3)cc1OC. The van der Waals surface area contributed by atoms with Crippen LogP contribution in [0.1, 0.15) is 52.5 Å². The van der Waals surface area contributed by atoms with Crippen molar-refractivity contribution in [2.24, 2.45) is 0 Å². The van der Waals surface area contributed by atoms with Crippen molar-refractivity contribution in [2.45, 2.75) is 70.6 Å². The lowest BCUT2D eigenvalue weighted by Crippen LogP contribution is -2.43. The Balaban J connectivity index is 1.90. The Morgan fingerprint density at radius 3 is 2.29 bits per heavy atom. The number of phosphoric acid groups is 1. The Labute approximate surface area is 186 Å². The number of methoxy groups -OCH3 is 2. The lowest BCUT2D eigenvalue weighted by molar-refractivity contribution is 0.0811. The first-order valence-corrected chi connectivity index (χ1v) is 12.4. The van der Waals surface area contributed by atoms with Gasteiger partial charge in [0.05, 0.1) is 26.4 Å². The maximum absolute atomic E-state index is 13.2. The third kappa shape index (κ3) is 5.11. The lowest BCUT2D eigenvalue weighted by atomic mass is 9.68. The molecule has 174 valence electrons. The average molecular weight is 454 g/mol. The highest BCUT2D eigenvalue weighted by Gasteiger charge is 2.50. The summed E-state index contributed by atoms with van der Waals surface area (Å²) in [7, 11) is 1.74. The molecule has 1 heterocycles. The van der Waals surface area contributed by atoms with E-state index in [-0.39, 0.29) is 23.7 Å². The van der Waals surface area contributed by atoms with Crippen LogP contribution in [0.15, 0.2) is 30.0 Å². The van der Waals surface area contributed by atoms with Crippen molar-refractivity contribution in [3.63, 3.8) is 0 Å². The smallest absolute Gasteiger partial charge is 0.493 e. The van der Waals surface area contributed by atoms with Crippen LogP contribution in [0.2, 0.25) is 0 Å². The predicted octanol–water partition coefficient (Wildman–Crippen LogP) is 5.30. The molecule has 7 nitrogen and oxygen atoms in total. The van der Waals surface area contributed by atoms with Gasteiger partial charge in [0.2, 0.25) is 0 Å². The number of nitrogens with zero attached hydrogens (tertiary/aromatic N) is 1. The van der Waals surface area contributed by atoms with Gasteiger partial charge >= 0.3 is 7.82 Å². The summed E-state index contributed by atoms with van der Waals surface area (Å²) in [5.41, 5.74) is 1.15. The van der Waals surface area contributed by atoms with Crippen LogP contribution in [0, 0.1) is 0 Å². The van der Waals surface area contributed by atoms with Crippen LogP contribution < -0.4 is 9.47 Å². The van der Waals surface area contributed by atoms with E-state index in [0.29, 0.717) is 12.2 Å². The molecule has 2 aliphatic rings. The normalized spacial score (nSPS) is 24.3. The first kappa shape index (κ1) is 24.1. The van der Waals surface area contributed by atoms with Crippen molar-refractivity contribution in [1.82, 2.24) is 4.90 Å². The Morgan fingerprint density at radius 2 is 1.71 bits per heavy atom. The molecule has 1 aliphatic heterocycles. The maximum Gasteiger partial charge on any atom is 0.530 e. The number of benzene rings is 1. The van der Waals surface area contributed by atoms with E-state index in [4.69, 9.17) is 23.0 Å². The maximum atomic E-state index is 13.2. The predicted molar refractivity (Wildman–Crippen MR) is 121 cm³/mol. The largest absolute Gasteiger partial charge is 0.530 e. The third-order valence-electron chi connectivity index (χ3n) is 6.04. The third-order valence-corrected chi connectivity index (χ3v) is 7.85. The van der Waals surface area contributed by atoms with Crippen LogP contribution in [0.3, 0.4) is 0 Å². The number of fused-ring (bicyclic) bond motifs is 1. The standard InChI is InChI=1S/C23H36NO6P/c1-16(2)28-31(25,29-17(3)4)30-19-10-11-23(12-13-24(5)22(23)15-19)18-8-9-20(26-6)21(14-18)27-7/h8-10,14,16-17,22H,11-13,15H2,1-7H3/t22-,23-/m0/s1. The zero-order valence-electron chi connectivity index (χ0n) is 19.7. The monoisotopic (exact) mass is 453 g/mol. The van der Waals surface area contributed by atoms with Gasteiger partial charge in [-0.1, -0.05) is 6.07 Å². The molecule has 0 radical (unpaired) electrons. The second kappa shape index (κ2) is 9.53. The van der Waals surface area contributed by atoms with Crippen LogP contribution in [0.25, 0.3) is 0 Å². The number of ether oxygens (including phenoxy) is 2. The summed E-state index contributed by atoms with van der Waals surface area (Å²) in [5.74, 6) is 2.12. The number of likely N-dealkylation sites (tertiary alicyclic amines) is 1. The first-order valence-electron chi connectivity index (χ1n) is 10.9. The van der Waals surface area contributed by atoms with Crippen molar-refractivity contribution in [3.8, 4) is 11.5 Å². The summed E-state index contributed by atoms with van der Waals surface area (Å²) < 4.78 is 41.3. The summed E-state index contributed by atoms with van der Waals surface area (Å²) in [5, 5.41) is 0. The molecule has 2 atom stereocenters. The Bertz CT molecular complexity index is 840. The van der Waals surface area contributed by atoms with Gasteiger partial charge in [-0.05, 0) is 77.9 Å². The van der Waals surface area contributed by atoms with E-state index in [1.807, 2.05) is 39.8 Å². The molecule has 0 saturated carbocycles.